The number of carbonyl (C=O) groups is 3. The molecule has 2 aromatic rings. The quantitative estimate of drug-likeness (QED) is 0.696. The Morgan fingerprint density at radius 3 is 2.26 bits per heavy atom. The van der Waals surface area contributed by atoms with Crippen LogP contribution in [0.25, 0.3) is 0 Å². The van der Waals surface area contributed by atoms with Crippen molar-refractivity contribution in [1.29, 1.82) is 0 Å². The molecule has 7 nitrogen and oxygen atoms in total. The molecule has 3 amide bonds. The minimum absolute atomic E-state index is 0.0588. The summed E-state index contributed by atoms with van der Waals surface area (Å²) in [6.07, 6.45) is 0.606. The second-order valence-electron chi connectivity index (χ2n) is 6.26. The monoisotopic (exact) mass is 369 g/mol. The lowest BCUT2D eigenvalue weighted by Gasteiger charge is -2.11. The van der Waals surface area contributed by atoms with Crippen molar-refractivity contribution in [3.8, 4) is 0 Å². The van der Waals surface area contributed by atoms with Gasteiger partial charge in [-0.3, -0.25) is 4.79 Å². The number of hydrogen-bond donors (Lipinski definition) is 3. The summed E-state index contributed by atoms with van der Waals surface area (Å²) >= 11 is 0. The number of benzene rings is 2. The fourth-order valence-corrected chi connectivity index (χ4v) is 2.45. The predicted molar refractivity (Wildman–Crippen MR) is 102 cm³/mol. The van der Waals surface area contributed by atoms with Crippen molar-refractivity contribution < 1.29 is 19.5 Å². The average Bonchev–Trinajstić information content (AvgIpc) is 2.66. The van der Waals surface area contributed by atoms with Gasteiger partial charge in [-0.05, 0) is 41.8 Å². The SMILES string of the molecule is CN(C)C(=O)c1cccc(CCNC(=O)NCc2ccc(C(=O)O)cc2)c1. The van der Waals surface area contributed by atoms with Gasteiger partial charge >= 0.3 is 12.0 Å². The van der Waals surface area contributed by atoms with Crippen LogP contribution in [0.3, 0.4) is 0 Å². The summed E-state index contributed by atoms with van der Waals surface area (Å²) in [5.41, 5.74) is 2.60. The number of rotatable bonds is 7. The third-order valence-corrected chi connectivity index (χ3v) is 3.93. The van der Waals surface area contributed by atoms with Gasteiger partial charge in [-0.25, -0.2) is 9.59 Å². The van der Waals surface area contributed by atoms with Gasteiger partial charge in [0, 0.05) is 32.7 Å². The van der Waals surface area contributed by atoms with Crippen LogP contribution in [0.2, 0.25) is 0 Å². The minimum Gasteiger partial charge on any atom is -0.478 e. The molecule has 0 fully saturated rings. The molecule has 0 aliphatic carbocycles. The Labute approximate surface area is 158 Å². The van der Waals surface area contributed by atoms with Crippen molar-refractivity contribution in [3.05, 3.63) is 70.8 Å². The minimum atomic E-state index is -0.983. The molecule has 0 aliphatic rings. The molecule has 0 atom stereocenters. The molecular weight excluding hydrogens is 346 g/mol. The highest BCUT2D eigenvalue weighted by molar-refractivity contribution is 5.94. The summed E-state index contributed by atoms with van der Waals surface area (Å²) in [6, 6.07) is 13.3. The average molecular weight is 369 g/mol. The Hall–Kier alpha value is -3.35. The van der Waals surface area contributed by atoms with E-state index in [2.05, 4.69) is 10.6 Å². The maximum Gasteiger partial charge on any atom is 0.335 e. The number of amides is 3. The summed E-state index contributed by atoms with van der Waals surface area (Å²) in [4.78, 5) is 36.2. The second-order valence-corrected chi connectivity index (χ2v) is 6.26. The van der Waals surface area contributed by atoms with Gasteiger partial charge in [0.15, 0.2) is 0 Å². The Kier molecular flexibility index (Phi) is 6.93. The summed E-state index contributed by atoms with van der Waals surface area (Å²) in [6.45, 7) is 0.738. The third-order valence-electron chi connectivity index (χ3n) is 3.93. The Morgan fingerprint density at radius 2 is 1.63 bits per heavy atom. The van der Waals surface area contributed by atoms with Crippen LogP contribution in [0, 0.1) is 0 Å². The highest BCUT2D eigenvalue weighted by atomic mass is 16.4. The van der Waals surface area contributed by atoms with E-state index < -0.39 is 5.97 Å². The maximum absolute atomic E-state index is 12.0. The zero-order valence-corrected chi connectivity index (χ0v) is 15.4. The van der Waals surface area contributed by atoms with Gasteiger partial charge in [0.1, 0.15) is 0 Å². The smallest absolute Gasteiger partial charge is 0.335 e. The van der Waals surface area contributed by atoms with E-state index in [0.29, 0.717) is 25.1 Å². The molecule has 0 saturated heterocycles. The molecule has 2 aromatic carbocycles. The van der Waals surface area contributed by atoms with Crippen LogP contribution in [-0.4, -0.2) is 48.6 Å². The first-order chi connectivity index (χ1) is 12.9. The van der Waals surface area contributed by atoms with E-state index in [1.165, 1.54) is 17.0 Å². The summed E-state index contributed by atoms with van der Waals surface area (Å²) in [7, 11) is 3.41. The van der Waals surface area contributed by atoms with Gasteiger partial charge in [0.2, 0.25) is 0 Å². The van der Waals surface area contributed by atoms with Crippen LogP contribution < -0.4 is 10.6 Å². The Morgan fingerprint density at radius 1 is 0.926 bits per heavy atom. The second kappa shape index (κ2) is 9.38. The molecule has 142 valence electrons. The molecule has 0 unspecified atom stereocenters. The molecule has 0 heterocycles. The van der Waals surface area contributed by atoms with E-state index in [1.807, 2.05) is 18.2 Å². The number of carboxylic acid groups (broad SMARTS) is 1. The lowest BCUT2D eigenvalue weighted by molar-refractivity contribution is 0.0696. The topological polar surface area (TPSA) is 98.7 Å². The lowest BCUT2D eigenvalue weighted by atomic mass is 10.1. The van der Waals surface area contributed by atoms with E-state index in [-0.39, 0.29) is 17.5 Å². The first-order valence-electron chi connectivity index (χ1n) is 8.51. The summed E-state index contributed by atoms with van der Waals surface area (Å²) in [5, 5.41) is 14.3. The van der Waals surface area contributed by atoms with Crippen molar-refractivity contribution in [3.63, 3.8) is 0 Å². The molecule has 27 heavy (non-hydrogen) atoms. The molecule has 7 heteroatoms. The van der Waals surface area contributed by atoms with Gasteiger partial charge in [-0.15, -0.1) is 0 Å². The first kappa shape index (κ1) is 20.0. The number of carboxylic acids is 1. The lowest BCUT2D eigenvalue weighted by Crippen LogP contribution is -2.36. The van der Waals surface area contributed by atoms with Crippen molar-refractivity contribution in [2.45, 2.75) is 13.0 Å². The van der Waals surface area contributed by atoms with E-state index in [4.69, 9.17) is 5.11 Å². The predicted octanol–water partition coefficient (Wildman–Crippen LogP) is 2.13. The van der Waals surface area contributed by atoms with E-state index in [1.54, 1.807) is 32.3 Å². The van der Waals surface area contributed by atoms with E-state index in [9.17, 15) is 14.4 Å². The van der Waals surface area contributed by atoms with Crippen LogP contribution in [0.1, 0.15) is 31.8 Å². The van der Waals surface area contributed by atoms with Crippen LogP contribution in [0.5, 0.6) is 0 Å². The number of urea groups is 1. The number of hydrogen-bond acceptors (Lipinski definition) is 3. The molecule has 0 saturated carbocycles. The van der Waals surface area contributed by atoms with Crippen LogP contribution >= 0.6 is 0 Å². The standard InChI is InChI=1S/C20H23N3O4/c1-23(2)18(24)17-5-3-4-14(12-17)10-11-21-20(27)22-13-15-6-8-16(9-7-15)19(25)26/h3-9,12H,10-11,13H2,1-2H3,(H,25,26)(H2,21,22,27). The van der Waals surface area contributed by atoms with Crippen LogP contribution in [0.15, 0.2) is 48.5 Å². The largest absolute Gasteiger partial charge is 0.478 e. The zero-order valence-electron chi connectivity index (χ0n) is 15.4. The van der Waals surface area contributed by atoms with E-state index >= 15 is 0 Å². The van der Waals surface area contributed by atoms with Crippen molar-refractivity contribution in [2.75, 3.05) is 20.6 Å². The van der Waals surface area contributed by atoms with Crippen molar-refractivity contribution >= 4 is 17.9 Å². The van der Waals surface area contributed by atoms with E-state index in [0.717, 1.165) is 11.1 Å². The van der Waals surface area contributed by atoms with Crippen LogP contribution in [0.4, 0.5) is 4.79 Å². The van der Waals surface area contributed by atoms with Crippen molar-refractivity contribution in [1.82, 2.24) is 15.5 Å². The van der Waals surface area contributed by atoms with Gasteiger partial charge in [0.25, 0.3) is 5.91 Å². The first-order valence-corrected chi connectivity index (χ1v) is 8.51. The number of carbonyl (C=O) groups excluding carboxylic acids is 2. The maximum atomic E-state index is 12.0. The molecule has 0 aromatic heterocycles. The highest BCUT2D eigenvalue weighted by Crippen LogP contribution is 2.08. The molecule has 0 radical (unpaired) electrons. The number of nitrogens with zero attached hydrogens (tertiary/aromatic N) is 1. The fraction of sp³-hybridized carbons (Fsp3) is 0.250. The third kappa shape index (κ3) is 6.14. The Bertz CT molecular complexity index is 816. The molecule has 0 spiro atoms. The molecule has 0 aliphatic heterocycles. The van der Waals surface area contributed by atoms with Gasteiger partial charge in [0.05, 0.1) is 5.56 Å². The molecule has 3 N–H and O–H groups in total. The van der Waals surface area contributed by atoms with Gasteiger partial charge in [-0.2, -0.15) is 0 Å². The zero-order chi connectivity index (χ0) is 19.8. The van der Waals surface area contributed by atoms with Gasteiger partial charge in [-0.1, -0.05) is 24.3 Å². The summed E-state index contributed by atoms with van der Waals surface area (Å²) in [5.74, 6) is -1.04. The Balaban J connectivity index is 1.77. The number of nitrogens with one attached hydrogen (secondary N) is 2. The molecule has 2 rings (SSSR count). The normalized spacial score (nSPS) is 10.1. The highest BCUT2D eigenvalue weighted by Gasteiger charge is 2.08. The van der Waals surface area contributed by atoms with Gasteiger partial charge < -0.3 is 20.6 Å². The molecule has 0 bridgehead atoms. The molecular formula is C20H23N3O4. The number of aromatic carboxylic acids is 1. The van der Waals surface area contributed by atoms with Crippen LogP contribution in [-0.2, 0) is 13.0 Å². The summed E-state index contributed by atoms with van der Waals surface area (Å²) < 4.78 is 0. The van der Waals surface area contributed by atoms with Crippen molar-refractivity contribution in [2.24, 2.45) is 0 Å². The fourth-order valence-electron chi connectivity index (χ4n) is 2.45.